The number of nitrogens with one attached hydrogen (secondary N) is 1. The molecule has 0 amide bonds. The number of aliphatic hydroxyl groups excluding tert-OH is 1. The first-order chi connectivity index (χ1) is 9.11. The minimum atomic E-state index is -0.402. The van der Waals surface area contributed by atoms with Crippen molar-refractivity contribution in [1.29, 1.82) is 0 Å². The molecule has 0 aliphatic carbocycles. The average Bonchev–Trinajstić information content (AvgIpc) is 2.43. The lowest BCUT2D eigenvalue weighted by atomic mass is 9.82. The lowest BCUT2D eigenvalue weighted by Crippen LogP contribution is -2.48. The monoisotopic (exact) mass is 263 g/mol. The third-order valence-electron chi connectivity index (χ3n) is 3.87. The number of carbonyl (C=O) groups excluding carboxylic acids is 1. The van der Waals surface area contributed by atoms with Gasteiger partial charge in [-0.15, -0.1) is 0 Å². The van der Waals surface area contributed by atoms with Crippen molar-refractivity contribution in [3.05, 3.63) is 35.9 Å². The summed E-state index contributed by atoms with van der Waals surface area (Å²) in [5.41, 5.74) is 1.14. The SMILES string of the molecule is COC(=O)C[C@@H]1C[C@H](O)[C@H](C)[C@H](c2ccccc2)N1. The van der Waals surface area contributed by atoms with E-state index in [-0.39, 0.29) is 24.0 Å². The van der Waals surface area contributed by atoms with Crippen LogP contribution in [0.2, 0.25) is 0 Å². The van der Waals surface area contributed by atoms with Crippen LogP contribution >= 0.6 is 0 Å². The van der Waals surface area contributed by atoms with Crippen molar-refractivity contribution in [2.45, 2.75) is 38.0 Å². The van der Waals surface area contributed by atoms with Gasteiger partial charge in [0.05, 0.1) is 19.6 Å². The minimum absolute atomic E-state index is 0.0381. The summed E-state index contributed by atoms with van der Waals surface area (Å²) in [4.78, 5) is 11.4. The van der Waals surface area contributed by atoms with E-state index in [2.05, 4.69) is 5.32 Å². The van der Waals surface area contributed by atoms with Crippen LogP contribution in [-0.2, 0) is 9.53 Å². The molecule has 0 bridgehead atoms. The molecule has 0 spiro atoms. The third-order valence-corrected chi connectivity index (χ3v) is 3.87. The Morgan fingerprint density at radius 2 is 2.11 bits per heavy atom. The molecule has 0 saturated carbocycles. The number of piperidine rings is 1. The van der Waals surface area contributed by atoms with Crippen LogP contribution in [-0.4, -0.2) is 30.3 Å². The number of hydrogen-bond donors (Lipinski definition) is 2. The molecule has 4 atom stereocenters. The number of esters is 1. The lowest BCUT2D eigenvalue weighted by molar-refractivity contribution is -0.141. The molecule has 1 heterocycles. The number of aliphatic hydroxyl groups is 1. The Bertz CT molecular complexity index is 421. The van der Waals surface area contributed by atoms with E-state index in [1.54, 1.807) is 0 Å². The molecular formula is C15H21NO3. The summed E-state index contributed by atoms with van der Waals surface area (Å²) in [6.07, 6.45) is 0.476. The van der Waals surface area contributed by atoms with Gasteiger partial charge in [-0.2, -0.15) is 0 Å². The first kappa shape index (κ1) is 14.0. The summed E-state index contributed by atoms with van der Waals surface area (Å²) in [5, 5.41) is 13.6. The quantitative estimate of drug-likeness (QED) is 0.814. The van der Waals surface area contributed by atoms with Crippen LogP contribution in [0.4, 0.5) is 0 Å². The van der Waals surface area contributed by atoms with E-state index >= 15 is 0 Å². The summed E-state index contributed by atoms with van der Waals surface area (Å²) in [6, 6.07) is 10.1. The molecule has 1 aliphatic heterocycles. The van der Waals surface area contributed by atoms with Crippen LogP contribution in [0.15, 0.2) is 30.3 Å². The van der Waals surface area contributed by atoms with Gasteiger partial charge in [0.15, 0.2) is 0 Å². The predicted octanol–water partition coefficient (Wildman–Crippen LogP) is 1.65. The molecule has 4 heteroatoms. The standard InChI is InChI=1S/C15H21NO3/c1-10-13(17)8-12(9-14(18)19-2)16-15(10)11-6-4-3-5-7-11/h3-7,10,12-13,15-17H,8-9H2,1-2H3/t10-,12-,13-,15+/m0/s1. The highest BCUT2D eigenvalue weighted by atomic mass is 16.5. The van der Waals surface area contributed by atoms with Gasteiger partial charge in [0.25, 0.3) is 0 Å². The second-order valence-electron chi connectivity index (χ2n) is 5.19. The minimum Gasteiger partial charge on any atom is -0.469 e. The van der Waals surface area contributed by atoms with Crippen molar-refractivity contribution in [2.75, 3.05) is 7.11 Å². The molecule has 0 unspecified atom stereocenters. The molecule has 1 fully saturated rings. The van der Waals surface area contributed by atoms with E-state index in [0.29, 0.717) is 12.8 Å². The molecule has 1 aliphatic rings. The molecule has 1 saturated heterocycles. The van der Waals surface area contributed by atoms with E-state index in [0.717, 1.165) is 5.56 Å². The second kappa shape index (κ2) is 6.17. The molecule has 2 rings (SSSR count). The van der Waals surface area contributed by atoms with Gasteiger partial charge < -0.3 is 15.2 Å². The van der Waals surface area contributed by atoms with Gasteiger partial charge in [-0.1, -0.05) is 37.3 Å². The van der Waals surface area contributed by atoms with E-state index in [1.165, 1.54) is 7.11 Å². The maximum absolute atomic E-state index is 11.4. The van der Waals surface area contributed by atoms with Crippen molar-refractivity contribution >= 4 is 5.97 Å². The van der Waals surface area contributed by atoms with Crippen LogP contribution in [0, 0.1) is 5.92 Å². The Morgan fingerprint density at radius 3 is 2.74 bits per heavy atom. The maximum atomic E-state index is 11.4. The predicted molar refractivity (Wildman–Crippen MR) is 72.5 cm³/mol. The van der Waals surface area contributed by atoms with Gasteiger partial charge in [0.2, 0.25) is 0 Å². The molecule has 1 aromatic rings. The second-order valence-corrected chi connectivity index (χ2v) is 5.19. The Balaban J connectivity index is 2.11. The highest BCUT2D eigenvalue weighted by Crippen LogP contribution is 2.32. The summed E-state index contributed by atoms with van der Waals surface area (Å²) < 4.78 is 4.70. The topological polar surface area (TPSA) is 58.6 Å². The number of carbonyl (C=O) groups is 1. The fourth-order valence-electron chi connectivity index (χ4n) is 2.69. The Labute approximate surface area is 113 Å². The fraction of sp³-hybridized carbons (Fsp3) is 0.533. The van der Waals surface area contributed by atoms with Gasteiger partial charge >= 0.3 is 5.97 Å². The van der Waals surface area contributed by atoms with Crippen LogP contribution in [0.25, 0.3) is 0 Å². The highest BCUT2D eigenvalue weighted by Gasteiger charge is 2.35. The zero-order valence-electron chi connectivity index (χ0n) is 11.4. The largest absolute Gasteiger partial charge is 0.469 e. The maximum Gasteiger partial charge on any atom is 0.307 e. The van der Waals surface area contributed by atoms with Gasteiger partial charge in [0, 0.05) is 18.0 Å². The molecular weight excluding hydrogens is 242 g/mol. The van der Waals surface area contributed by atoms with Gasteiger partial charge in [0.1, 0.15) is 0 Å². The summed E-state index contributed by atoms with van der Waals surface area (Å²) >= 11 is 0. The van der Waals surface area contributed by atoms with E-state index in [4.69, 9.17) is 4.74 Å². The molecule has 0 radical (unpaired) electrons. The first-order valence-corrected chi connectivity index (χ1v) is 6.67. The van der Waals surface area contributed by atoms with Crippen molar-refractivity contribution in [3.63, 3.8) is 0 Å². The van der Waals surface area contributed by atoms with Crippen LogP contribution in [0.3, 0.4) is 0 Å². The van der Waals surface area contributed by atoms with Crippen molar-refractivity contribution in [1.82, 2.24) is 5.32 Å². The van der Waals surface area contributed by atoms with E-state index in [9.17, 15) is 9.90 Å². The lowest BCUT2D eigenvalue weighted by Gasteiger charge is -2.39. The zero-order valence-corrected chi connectivity index (χ0v) is 11.4. The summed E-state index contributed by atoms with van der Waals surface area (Å²) in [5.74, 6) is -0.123. The van der Waals surface area contributed by atoms with Crippen molar-refractivity contribution in [3.8, 4) is 0 Å². The number of rotatable bonds is 3. The zero-order chi connectivity index (χ0) is 13.8. The molecule has 0 aromatic heterocycles. The number of hydrogen-bond acceptors (Lipinski definition) is 4. The molecule has 104 valence electrons. The number of benzene rings is 1. The molecule has 1 aromatic carbocycles. The first-order valence-electron chi connectivity index (χ1n) is 6.67. The highest BCUT2D eigenvalue weighted by molar-refractivity contribution is 5.69. The van der Waals surface area contributed by atoms with Crippen LogP contribution in [0.1, 0.15) is 31.4 Å². The van der Waals surface area contributed by atoms with E-state index < -0.39 is 6.10 Å². The Morgan fingerprint density at radius 1 is 1.42 bits per heavy atom. The summed E-state index contributed by atoms with van der Waals surface area (Å²) in [7, 11) is 1.39. The van der Waals surface area contributed by atoms with Gasteiger partial charge in [-0.3, -0.25) is 4.79 Å². The van der Waals surface area contributed by atoms with Crippen molar-refractivity contribution < 1.29 is 14.6 Å². The van der Waals surface area contributed by atoms with Crippen molar-refractivity contribution in [2.24, 2.45) is 5.92 Å². The fourth-order valence-corrected chi connectivity index (χ4v) is 2.69. The molecule has 2 N–H and O–H groups in total. The summed E-state index contributed by atoms with van der Waals surface area (Å²) in [6.45, 7) is 2.03. The van der Waals surface area contributed by atoms with Gasteiger partial charge in [-0.25, -0.2) is 0 Å². The number of methoxy groups -OCH3 is 1. The average molecular weight is 263 g/mol. The third kappa shape index (κ3) is 3.33. The van der Waals surface area contributed by atoms with Gasteiger partial charge in [-0.05, 0) is 12.0 Å². The number of ether oxygens (including phenoxy) is 1. The van der Waals surface area contributed by atoms with E-state index in [1.807, 2.05) is 37.3 Å². The Hall–Kier alpha value is -1.39. The van der Waals surface area contributed by atoms with Crippen LogP contribution in [0.5, 0.6) is 0 Å². The van der Waals surface area contributed by atoms with Crippen LogP contribution < -0.4 is 5.32 Å². The Kier molecular flexibility index (Phi) is 4.56. The molecule has 4 nitrogen and oxygen atoms in total. The normalized spacial score (nSPS) is 30.9. The smallest absolute Gasteiger partial charge is 0.307 e. The molecule has 19 heavy (non-hydrogen) atoms.